The van der Waals surface area contributed by atoms with Crippen molar-refractivity contribution in [3.63, 3.8) is 0 Å². The molecule has 1 heterocycles. The largest absolute Gasteiger partial charge is 0.371 e. The Morgan fingerprint density at radius 3 is 2.65 bits per heavy atom. The second-order valence-corrected chi connectivity index (χ2v) is 5.45. The van der Waals surface area contributed by atoms with Crippen molar-refractivity contribution in [1.29, 1.82) is 5.26 Å². The van der Waals surface area contributed by atoms with Crippen LogP contribution in [0, 0.1) is 18.3 Å². The molecule has 3 rings (SSSR count). The maximum Gasteiger partial charge on any atom is 0.0994 e. The molecule has 1 fully saturated rings. The fourth-order valence-corrected chi connectivity index (χ4v) is 2.96. The van der Waals surface area contributed by atoms with Gasteiger partial charge in [-0.1, -0.05) is 30.3 Å². The molecule has 0 spiro atoms. The monoisotopic (exact) mass is 262 g/mol. The molecule has 1 atom stereocenters. The highest BCUT2D eigenvalue weighted by Gasteiger charge is 2.24. The van der Waals surface area contributed by atoms with Crippen LogP contribution in [0.1, 0.15) is 29.0 Å². The van der Waals surface area contributed by atoms with E-state index in [-0.39, 0.29) is 0 Å². The van der Waals surface area contributed by atoms with Gasteiger partial charge < -0.3 is 4.90 Å². The van der Waals surface area contributed by atoms with Crippen LogP contribution >= 0.6 is 0 Å². The number of anilines is 1. The Kier molecular flexibility index (Phi) is 3.43. The summed E-state index contributed by atoms with van der Waals surface area (Å²) >= 11 is 0. The minimum Gasteiger partial charge on any atom is -0.371 e. The standard InChI is InChI=1S/C18H18N2/c1-14-11-18(8-7-16(14)12-19)20-10-9-17(13-20)15-5-3-2-4-6-15/h2-8,11,17H,9-10,13H2,1H3. The summed E-state index contributed by atoms with van der Waals surface area (Å²) in [5.41, 5.74) is 4.50. The van der Waals surface area contributed by atoms with Gasteiger partial charge in [-0.15, -0.1) is 0 Å². The molecule has 2 nitrogen and oxygen atoms in total. The van der Waals surface area contributed by atoms with Gasteiger partial charge >= 0.3 is 0 Å². The fraction of sp³-hybridized carbons (Fsp3) is 0.278. The Balaban J connectivity index is 1.78. The van der Waals surface area contributed by atoms with Crippen molar-refractivity contribution in [2.75, 3.05) is 18.0 Å². The van der Waals surface area contributed by atoms with E-state index >= 15 is 0 Å². The van der Waals surface area contributed by atoms with Crippen LogP contribution in [-0.4, -0.2) is 13.1 Å². The average molecular weight is 262 g/mol. The number of hydrogen-bond acceptors (Lipinski definition) is 2. The molecule has 1 aliphatic rings. The smallest absolute Gasteiger partial charge is 0.0994 e. The summed E-state index contributed by atoms with van der Waals surface area (Å²) in [6.45, 7) is 4.16. The SMILES string of the molecule is Cc1cc(N2CCC(c3ccccc3)C2)ccc1C#N. The van der Waals surface area contributed by atoms with E-state index in [1.807, 2.05) is 13.0 Å². The summed E-state index contributed by atoms with van der Waals surface area (Å²) < 4.78 is 0. The Morgan fingerprint density at radius 1 is 1.15 bits per heavy atom. The predicted octanol–water partition coefficient (Wildman–Crippen LogP) is 3.86. The van der Waals surface area contributed by atoms with E-state index in [4.69, 9.17) is 5.26 Å². The third-order valence-electron chi connectivity index (χ3n) is 4.15. The lowest BCUT2D eigenvalue weighted by molar-refractivity contribution is 0.775. The molecule has 0 saturated carbocycles. The van der Waals surface area contributed by atoms with Crippen molar-refractivity contribution in [2.45, 2.75) is 19.3 Å². The van der Waals surface area contributed by atoms with Crippen molar-refractivity contribution in [3.05, 3.63) is 65.2 Å². The van der Waals surface area contributed by atoms with Gasteiger partial charge in [-0.05, 0) is 42.7 Å². The van der Waals surface area contributed by atoms with Gasteiger partial charge in [0.05, 0.1) is 11.6 Å². The van der Waals surface area contributed by atoms with Gasteiger partial charge in [-0.25, -0.2) is 0 Å². The van der Waals surface area contributed by atoms with E-state index in [2.05, 4.69) is 53.4 Å². The summed E-state index contributed by atoms with van der Waals surface area (Å²) in [5, 5.41) is 9.00. The molecule has 0 N–H and O–H groups in total. The summed E-state index contributed by atoms with van der Waals surface area (Å²) in [6, 6.07) is 19.1. The highest BCUT2D eigenvalue weighted by Crippen LogP contribution is 2.31. The third-order valence-corrected chi connectivity index (χ3v) is 4.15. The molecule has 0 aromatic heterocycles. The van der Waals surface area contributed by atoms with Crippen LogP contribution in [0.4, 0.5) is 5.69 Å². The highest BCUT2D eigenvalue weighted by molar-refractivity contribution is 5.54. The van der Waals surface area contributed by atoms with Crippen LogP contribution in [0.2, 0.25) is 0 Å². The van der Waals surface area contributed by atoms with Gasteiger partial charge in [-0.3, -0.25) is 0 Å². The Labute approximate surface area is 120 Å². The van der Waals surface area contributed by atoms with Crippen molar-refractivity contribution >= 4 is 5.69 Å². The van der Waals surface area contributed by atoms with Gasteiger partial charge in [0.2, 0.25) is 0 Å². The zero-order valence-electron chi connectivity index (χ0n) is 11.7. The third kappa shape index (κ3) is 2.40. The van der Waals surface area contributed by atoms with Gasteiger partial charge in [0.25, 0.3) is 0 Å². The second kappa shape index (κ2) is 5.38. The molecular weight excluding hydrogens is 244 g/mol. The number of aryl methyl sites for hydroxylation is 1. The van der Waals surface area contributed by atoms with Crippen LogP contribution in [0.15, 0.2) is 48.5 Å². The zero-order valence-corrected chi connectivity index (χ0v) is 11.7. The Morgan fingerprint density at radius 2 is 1.95 bits per heavy atom. The topological polar surface area (TPSA) is 27.0 Å². The van der Waals surface area contributed by atoms with Gasteiger partial charge in [0.1, 0.15) is 0 Å². The van der Waals surface area contributed by atoms with Crippen molar-refractivity contribution in [1.82, 2.24) is 0 Å². The minimum absolute atomic E-state index is 0.618. The molecule has 1 aliphatic heterocycles. The summed E-state index contributed by atoms with van der Waals surface area (Å²) in [5.74, 6) is 0.618. The lowest BCUT2D eigenvalue weighted by Crippen LogP contribution is -2.19. The van der Waals surface area contributed by atoms with Gasteiger partial charge in [0, 0.05) is 24.7 Å². The molecule has 0 radical (unpaired) electrons. The Hall–Kier alpha value is -2.27. The summed E-state index contributed by atoms with van der Waals surface area (Å²) in [6.07, 6.45) is 1.20. The molecule has 1 saturated heterocycles. The quantitative estimate of drug-likeness (QED) is 0.821. The Bertz CT molecular complexity index is 640. The van der Waals surface area contributed by atoms with E-state index < -0.39 is 0 Å². The second-order valence-electron chi connectivity index (χ2n) is 5.45. The number of hydrogen-bond donors (Lipinski definition) is 0. The zero-order chi connectivity index (χ0) is 13.9. The lowest BCUT2D eigenvalue weighted by atomic mass is 9.99. The van der Waals surface area contributed by atoms with Crippen molar-refractivity contribution < 1.29 is 0 Å². The fourth-order valence-electron chi connectivity index (χ4n) is 2.96. The number of benzene rings is 2. The molecule has 100 valence electrons. The normalized spacial score (nSPS) is 18.0. The van der Waals surface area contributed by atoms with Gasteiger partial charge in [0.15, 0.2) is 0 Å². The van der Waals surface area contributed by atoms with E-state index in [9.17, 15) is 0 Å². The first-order valence-corrected chi connectivity index (χ1v) is 7.08. The molecule has 0 amide bonds. The van der Waals surface area contributed by atoms with Crippen LogP contribution in [0.5, 0.6) is 0 Å². The average Bonchev–Trinajstić information content (AvgIpc) is 2.98. The number of rotatable bonds is 2. The van der Waals surface area contributed by atoms with Crippen molar-refractivity contribution in [2.24, 2.45) is 0 Å². The highest BCUT2D eigenvalue weighted by atomic mass is 15.1. The van der Waals surface area contributed by atoms with Crippen LogP contribution in [-0.2, 0) is 0 Å². The maximum atomic E-state index is 9.00. The number of nitrogens with zero attached hydrogens (tertiary/aromatic N) is 2. The van der Waals surface area contributed by atoms with Crippen molar-refractivity contribution in [3.8, 4) is 6.07 Å². The molecule has 2 aromatic carbocycles. The molecule has 2 aromatic rings. The first-order chi connectivity index (χ1) is 9.78. The molecular formula is C18H18N2. The van der Waals surface area contributed by atoms with Crippen LogP contribution in [0.25, 0.3) is 0 Å². The molecule has 0 bridgehead atoms. The number of nitriles is 1. The molecule has 20 heavy (non-hydrogen) atoms. The summed E-state index contributed by atoms with van der Waals surface area (Å²) in [4.78, 5) is 2.42. The van der Waals surface area contributed by atoms with Crippen LogP contribution < -0.4 is 4.90 Å². The maximum absolute atomic E-state index is 9.00. The predicted molar refractivity (Wildman–Crippen MR) is 81.9 cm³/mol. The first kappa shape index (κ1) is 12.7. The molecule has 2 heteroatoms. The molecule has 0 aliphatic carbocycles. The van der Waals surface area contributed by atoms with E-state index in [0.29, 0.717) is 5.92 Å². The van der Waals surface area contributed by atoms with E-state index in [0.717, 1.165) is 24.2 Å². The summed E-state index contributed by atoms with van der Waals surface area (Å²) in [7, 11) is 0. The van der Waals surface area contributed by atoms with E-state index in [1.165, 1.54) is 17.7 Å². The minimum atomic E-state index is 0.618. The molecule has 1 unspecified atom stereocenters. The first-order valence-electron chi connectivity index (χ1n) is 7.08. The van der Waals surface area contributed by atoms with Gasteiger partial charge in [-0.2, -0.15) is 5.26 Å². The lowest BCUT2D eigenvalue weighted by Gasteiger charge is -2.19. The van der Waals surface area contributed by atoms with E-state index in [1.54, 1.807) is 0 Å². The van der Waals surface area contributed by atoms with Crippen LogP contribution in [0.3, 0.4) is 0 Å².